The van der Waals surface area contributed by atoms with Gasteiger partial charge < -0.3 is 9.88 Å². The van der Waals surface area contributed by atoms with E-state index in [4.69, 9.17) is 0 Å². The minimum Gasteiger partial charge on any atom is -0.354 e. The summed E-state index contributed by atoms with van der Waals surface area (Å²) in [7, 11) is 0. The first-order chi connectivity index (χ1) is 10.3. The molecule has 0 saturated carbocycles. The molecule has 1 aliphatic heterocycles. The number of fused-ring (bicyclic) bond motifs is 1. The van der Waals surface area contributed by atoms with Gasteiger partial charge in [0.25, 0.3) is 0 Å². The van der Waals surface area contributed by atoms with Crippen LogP contribution in [0.15, 0.2) is 42.6 Å². The van der Waals surface area contributed by atoms with Gasteiger partial charge in [0.15, 0.2) is 0 Å². The number of aromatic amines is 1. The molecule has 1 atom stereocenters. The summed E-state index contributed by atoms with van der Waals surface area (Å²) in [6.45, 7) is 3.37. The molecule has 21 heavy (non-hydrogen) atoms. The SMILES string of the molecule is CC1CCCN1c1ccc(-c2nc3ccccc3[nH]2)cn1. The molecule has 1 saturated heterocycles. The van der Waals surface area contributed by atoms with Crippen LogP contribution in [0.4, 0.5) is 5.82 Å². The van der Waals surface area contributed by atoms with Crippen LogP contribution in [0.1, 0.15) is 19.8 Å². The minimum absolute atomic E-state index is 0.592. The fourth-order valence-corrected chi connectivity index (χ4v) is 3.06. The second kappa shape index (κ2) is 4.88. The normalized spacial score (nSPS) is 18.5. The van der Waals surface area contributed by atoms with Gasteiger partial charge in [0, 0.05) is 24.3 Å². The van der Waals surface area contributed by atoms with E-state index in [2.05, 4.69) is 38.9 Å². The van der Waals surface area contributed by atoms with Gasteiger partial charge in [-0.25, -0.2) is 9.97 Å². The van der Waals surface area contributed by atoms with Crippen molar-refractivity contribution in [1.82, 2.24) is 15.0 Å². The molecule has 2 aromatic heterocycles. The average molecular weight is 278 g/mol. The van der Waals surface area contributed by atoms with Crippen molar-refractivity contribution in [2.75, 3.05) is 11.4 Å². The number of anilines is 1. The zero-order valence-electron chi connectivity index (χ0n) is 12.1. The molecule has 1 fully saturated rings. The van der Waals surface area contributed by atoms with E-state index >= 15 is 0 Å². The number of hydrogen-bond acceptors (Lipinski definition) is 3. The summed E-state index contributed by atoms with van der Waals surface area (Å²) in [5.74, 6) is 1.95. The van der Waals surface area contributed by atoms with Gasteiger partial charge in [-0.2, -0.15) is 0 Å². The number of hydrogen-bond donors (Lipinski definition) is 1. The Morgan fingerprint density at radius 2 is 2.10 bits per heavy atom. The molecule has 106 valence electrons. The van der Waals surface area contributed by atoms with Gasteiger partial charge in [0.1, 0.15) is 11.6 Å². The Hall–Kier alpha value is -2.36. The Morgan fingerprint density at radius 3 is 2.81 bits per heavy atom. The van der Waals surface area contributed by atoms with Gasteiger partial charge in [0.05, 0.1) is 11.0 Å². The van der Waals surface area contributed by atoms with Crippen LogP contribution in [-0.4, -0.2) is 27.5 Å². The first-order valence-corrected chi connectivity index (χ1v) is 7.49. The molecule has 0 amide bonds. The third kappa shape index (κ3) is 2.17. The Kier molecular flexibility index (Phi) is 2.88. The van der Waals surface area contributed by atoms with Crippen molar-refractivity contribution >= 4 is 16.9 Å². The Bertz CT molecular complexity index is 727. The van der Waals surface area contributed by atoms with Gasteiger partial charge in [-0.05, 0) is 44.0 Å². The van der Waals surface area contributed by atoms with Crippen LogP contribution in [-0.2, 0) is 0 Å². The summed E-state index contributed by atoms with van der Waals surface area (Å²) in [5.41, 5.74) is 3.08. The number of para-hydroxylation sites is 2. The molecule has 3 heterocycles. The van der Waals surface area contributed by atoms with Gasteiger partial charge >= 0.3 is 0 Å². The maximum atomic E-state index is 4.62. The van der Waals surface area contributed by atoms with Gasteiger partial charge in [-0.3, -0.25) is 0 Å². The second-order valence-corrected chi connectivity index (χ2v) is 5.69. The van der Waals surface area contributed by atoms with Crippen LogP contribution in [0.3, 0.4) is 0 Å². The molecule has 4 rings (SSSR count). The third-order valence-electron chi connectivity index (χ3n) is 4.26. The molecule has 0 aliphatic carbocycles. The number of pyridine rings is 1. The lowest BCUT2D eigenvalue weighted by atomic mass is 10.2. The van der Waals surface area contributed by atoms with E-state index in [9.17, 15) is 0 Å². The highest BCUT2D eigenvalue weighted by Gasteiger charge is 2.21. The van der Waals surface area contributed by atoms with Crippen molar-refractivity contribution in [3.05, 3.63) is 42.6 Å². The van der Waals surface area contributed by atoms with Crippen molar-refractivity contribution in [2.24, 2.45) is 0 Å². The van der Waals surface area contributed by atoms with E-state index in [1.165, 1.54) is 12.8 Å². The summed E-state index contributed by atoms with van der Waals surface area (Å²) in [6, 6.07) is 12.9. The van der Waals surface area contributed by atoms with E-state index < -0.39 is 0 Å². The van der Waals surface area contributed by atoms with E-state index in [0.717, 1.165) is 34.8 Å². The smallest absolute Gasteiger partial charge is 0.140 e. The molecule has 1 unspecified atom stereocenters. The first-order valence-electron chi connectivity index (χ1n) is 7.49. The molecule has 4 nitrogen and oxygen atoms in total. The van der Waals surface area contributed by atoms with Crippen LogP contribution in [0.25, 0.3) is 22.4 Å². The lowest BCUT2D eigenvalue weighted by molar-refractivity contribution is 0.727. The number of rotatable bonds is 2. The highest BCUT2D eigenvalue weighted by atomic mass is 15.2. The predicted molar refractivity (Wildman–Crippen MR) is 85.4 cm³/mol. The maximum Gasteiger partial charge on any atom is 0.140 e. The molecule has 0 radical (unpaired) electrons. The molecule has 1 N–H and O–H groups in total. The topological polar surface area (TPSA) is 44.8 Å². The van der Waals surface area contributed by atoms with Gasteiger partial charge in [-0.15, -0.1) is 0 Å². The molecule has 0 spiro atoms. The van der Waals surface area contributed by atoms with Crippen LogP contribution in [0.2, 0.25) is 0 Å². The van der Waals surface area contributed by atoms with E-state index in [1.54, 1.807) is 0 Å². The van der Waals surface area contributed by atoms with Crippen molar-refractivity contribution in [3.63, 3.8) is 0 Å². The molecule has 4 heteroatoms. The van der Waals surface area contributed by atoms with Crippen molar-refractivity contribution in [2.45, 2.75) is 25.8 Å². The van der Waals surface area contributed by atoms with E-state index in [-0.39, 0.29) is 0 Å². The first kappa shape index (κ1) is 12.4. The van der Waals surface area contributed by atoms with E-state index in [0.29, 0.717) is 6.04 Å². The fourth-order valence-electron chi connectivity index (χ4n) is 3.06. The zero-order valence-corrected chi connectivity index (χ0v) is 12.1. The number of nitrogens with one attached hydrogen (secondary N) is 1. The monoisotopic (exact) mass is 278 g/mol. The number of imidazole rings is 1. The summed E-state index contributed by atoms with van der Waals surface area (Å²) < 4.78 is 0. The Labute approximate surface area is 123 Å². The van der Waals surface area contributed by atoms with Crippen molar-refractivity contribution in [3.8, 4) is 11.4 Å². The fraction of sp³-hybridized carbons (Fsp3) is 0.294. The van der Waals surface area contributed by atoms with Crippen LogP contribution >= 0.6 is 0 Å². The standard InChI is InChI=1S/C17H18N4/c1-12-5-4-10-21(12)16-9-8-13(11-18-16)17-19-14-6-2-3-7-15(14)20-17/h2-3,6-9,11-12H,4-5,10H2,1H3,(H,19,20). The summed E-state index contributed by atoms with van der Waals surface area (Å²) in [4.78, 5) is 15.0. The number of aromatic nitrogens is 3. The summed E-state index contributed by atoms with van der Waals surface area (Å²) >= 11 is 0. The Balaban J connectivity index is 1.66. The minimum atomic E-state index is 0.592. The molecule has 3 aromatic rings. The number of nitrogens with zero attached hydrogens (tertiary/aromatic N) is 3. The van der Waals surface area contributed by atoms with Gasteiger partial charge in [0.2, 0.25) is 0 Å². The summed E-state index contributed by atoms with van der Waals surface area (Å²) in [6.07, 6.45) is 4.43. The molecule has 1 aliphatic rings. The molecule has 0 bridgehead atoms. The molecular weight excluding hydrogens is 260 g/mol. The van der Waals surface area contributed by atoms with Crippen LogP contribution < -0.4 is 4.90 Å². The maximum absolute atomic E-state index is 4.62. The predicted octanol–water partition coefficient (Wildman–Crippen LogP) is 3.61. The molecular formula is C17H18N4. The van der Waals surface area contributed by atoms with Crippen LogP contribution in [0, 0.1) is 0 Å². The zero-order chi connectivity index (χ0) is 14.2. The lowest BCUT2D eigenvalue weighted by Crippen LogP contribution is -2.26. The third-order valence-corrected chi connectivity index (χ3v) is 4.26. The Morgan fingerprint density at radius 1 is 1.19 bits per heavy atom. The van der Waals surface area contributed by atoms with Crippen molar-refractivity contribution < 1.29 is 0 Å². The number of H-pyrrole nitrogens is 1. The van der Waals surface area contributed by atoms with Gasteiger partial charge in [-0.1, -0.05) is 12.1 Å². The highest BCUT2D eigenvalue weighted by Crippen LogP contribution is 2.25. The lowest BCUT2D eigenvalue weighted by Gasteiger charge is -2.22. The number of benzene rings is 1. The van der Waals surface area contributed by atoms with E-state index in [1.807, 2.05) is 30.5 Å². The average Bonchev–Trinajstić information content (AvgIpc) is 3.13. The highest BCUT2D eigenvalue weighted by molar-refractivity contribution is 5.79. The summed E-state index contributed by atoms with van der Waals surface area (Å²) in [5, 5.41) is 0. The van der Waals surface area contributed by atoms with Crippen molar-refractivity contribution in [1.29, 1.82) is 0 Å². The molecule has 1 aromatic carbocycles. The quantitative estimate of drug-likeness (QED) is 0.778. The van der Waals surface area contributed by atoms with Crippen LogP contribution in [0.5, 0.6) is 0 Å². The second-order valence-electron chi connectivity index (χ2n) is 5.69. The largest absolute Gasteiger partial charge is 0.354 e.